The number of nitrogens with one attached hydrogen (secondary N) is 2. The van der Waals surface area contributed by atoms with E-state index in [1.165, 1.54) is 44.2 Å². The first-order chi connectivity index (χ1) is 8.31. The number of fused-ring (bicyclic) bond motifs is 2. The first-order valence-corrected chi connectivity index (χ1v) is 7.34. The van der Waals surface area contributed by atoms with E-state index in [0.29, 0.717) is 6.04 Å². The molecule has 3 nitrogen and oxygen atoms in total. The largest absolute Gasteiger partial charge is 0.358 e. The van der Waals surface area contributed by atoms with Crippen molar-refractivity contribution in [3.63, 3.8) is 0 Å². The predicted molar refractivity (Wildman–Crippen MR) is 74.0 cm³/mol. The summed E-state index contributed by atoms with van der Waals surface area (Å²) in [4.78, 5) is 0. The predicted octanol–water partition coefficient (Wildman–Crippen LogP) is 2.57. The lowest BCUT2D eigenvalue weighted by Crippen LogP contribution is -2.42. The van der Waals surface area contributed by atoms with Crippen molar-refractivity contribution in [2.24, 2.45) is 16.9 Å². The SMILES string of the molecule is S=C(NN=C1CCCC1)N[C@@H]1C[C@@H]2CC[C@H]1C2. The quantitative estimate of drug-likeness (QED) is 0.585. The van der Waals surface area contributed by atoms with Crippen LogP contribution in [0.1, 0.15) is 51.4 Å². The zero-order valence-electron chi connectivity index (χ0n) is 10.2. The summed E-state index contributed by atoms with van der Waals surface area (Å²) in [5.74, 6) is 1.82. The van der Waals surface area contributed by atoms with Crippen LogP contribution in [0.2, 0.25) is 0 Å². The number of hydrogen-bond acceptors (Lipinski definition) is 2. The van der Waals surface area contributed by atoms with Gasteiger partial charge in [-0.05, 0) is 69.0 Å². The van der Waals surface area contributed by atoms with Crippen LogP contribution in [0.4, 0.5) is 0 Å². The highest BCUT2D eigenvalue weighted by Crippen LogP contribution is 2.44. The Kier molecular flexibility index (Phi) is 3.32. The molecule has 0 spiro atoms. The van der Waals surface area contributed by atoms with Gasteiger partial charge in [0.05, 0.1) is 0 Å². The second-order valence-corrected chi connectivity index (χ2v) is 6.16. The van der Waals surface area contributed by atoms with Crippen molar-refractivity contribution in [2.45, 2.75) is 57.4 Å². The first kappa shape index (κ1) is 11.5. The average molecular weight is 251 g/mol. The molecular formula is C13H21N3S. The summed E-state index contributed by atoms with van der Waals surface area (Å²) in [6.45, 7) is 0. The number of rotatable bonds is 2. The Balaban J connectivity index is 1.45. The Morgan fingerprint density at radius 3 is 2.65 bits per heavy atom. The standard InChI is InChI=1S/C13H21N3S/c17-13(16-15-11-3-1-2-4-11)14-12-8-9-5-6-10(12)7-9/h9-10,12H,1-8H2,(H2,14,16,17)/t9-,10+,12-/m1/s1. The van der Waals surface area contributed by atoms with Gasteiger partial charge in [-0.25, -0.2) is 0 Å². The van der Waals surface area contributed by atoms with Gasteiger partial charge in [0.15, 0.2) is 5.11 Å². The molecule has 3 rings (SSSR count). The van der Waals surface area contributed by atoms with E-state index in [4.69, 9.17) is 12.2 Å². The summed E-state index contributed by atoms with van der Waals surface area (Å²) in [6.07, 6.45) is 10.4. The lowest BCUT2D eigenvalue weighted by atomic mass is 9.96. The maximum Gasteiger partial charge on any atom is 0.187 e. The van der Waals surface area contributed by atoms with Crippen molar-refractivity contribution in [1.29, 1.82) is 0 Å². The molecule has 2 N–H and O–H groups in total. The van der Waals surface area contributed by atoms with Gasteiger partial charge < -0.3 is 5.32 Å². The lowest BCUT2D eigenvalue weighted by molar-refractivity contribution is 0.389. The fourth-order valence-corrected chi connectivity index (χ4v) is 3.84. The van der Waals surface area contributed by atoms with Gasteiger partial charge in [0.2, 0.25) is 0 Å². The molecule has 0 saturated heterocycles. The summed E-state index contributed by atoms with van der Waals surface area (Å²) in [6, 6.07) is 0.609. The maximum atomic E-state index is 5.31. The number of hydrazone groups is 1. The molecule has 3 fully saturated rings. The summed E-state index contributed by atoms with van der Waals surface area (Å²) >= 11 is 5.31. The average Bonchev–Trinajstić information content (AvgIpc) is 3.03. The third kappa shape index (κ3) is 2.62. The van der Waals surface area contributed by atoms with Gasteiger partial charge in [0.25, 0.3) is 0 Å². The molecule has 3 aliphatic rings. The maximum absolute atomic E-state index is 5.31. The molecule has 3 atom stereocenters. The minimum Gasteiger partial charge on any atom is -0.358 e. The van der Waals surface area contributed by atoms with Crippen molar-refractivity contribution in [3.05, 3.63) is 0 Å². The highest BCUT2D eigenvalue weighted by atomic mass is 32.1. The van der Waals surface area contributed by atoms with Crippen LogP contribution in [0.3, 0.4) is 0 Å². The van der Waals surface area contributed by atoms with E-state index in [9.17, 15) is 0 Å². The number of nitrogens with zero attached hydrogens (tertiary/aromatic N) is 1. The van der Waals surface area contributed by atoms with Gasteiger partial charge in [0.1, 0.15) is 0 Å². The van der Waals surface area contributed by atoms with Crippen molar-refractivity contribution in [2.75, 3.05) is 0 Å². The van der Waals surface area contributed by atoms with Gasteiger partial charge in [-0.3, -0.25) is 5.43 Å². The van der Waals surface area contributed by atoms with Gasteiger partial charge in [-0.15, -0.1) is 0 Å². The first-order valence-electron chi connectivity index (χ1n) is 6.93. The number of thiocarbonyl (C=S) groups is 1. The second kappa shape index (κ2) is 4.92. The van der Waals surface area contributed by atoms with Crippen molar-refractivity contribution in [1.82, 2.24) is 10.7 Å². The van der Waals surface area contributed by atoms with Crippen LogP contribution in [0.5, 0.6) is 0 Å². The van der Waals surface area contributed by atoms with Crippen molar-refractivity contribution < 1.29 is 0 Å². The van der Waals surface area contributed by atoms with Crippen molar-refractivity contribution >= 4 is 23.0 Å². The van der Waals surface area contributed by atoms with E-state index in [1.807, 2.05) is 0 Å². The molecule has 0 aromatic heterocycles. The highest BCUT2D eigenvalue weighted by Gasteiger charge is 2.39. The zero-order valence-corrected chi connectivity index (χ0v) is 11.1. The molecule has 0 radical (unpaired) electrons. The van der Waals surface area contributed by atoms with Gasteiger partial charge in [-0.2, -0.15) is 5.10 Å². The van der Waals surface area contributed by atoms with Gasteiger partial charge in [0, 0.05) is 11.8 Å². The topological polar surface area (TPSA) is 36.4 Å². The van der Waals surface area contributed by atoms with Gasteiger partial charge in [-0.1, -0.05) is 6.42 Å². The highest BCUT2D eigenvalue weighted by molar-refractivity contribution is 7.80. The Morgan fingerprint density at radius 1 is 1.18 bits per heavy atom. The van der Waals surface area contributed by atoms with E-state index in [0.717, 1.165) is 29.8 Å². The molecular weight excluding hydrogens is 230 g/mol. The van der Waals surface area contributed by atoms with Gasteiger partial charge >= 0.3 is 0 Å². The smallest absolute Gasteiger partial charge is 0.187 e. The molecule has 3 saturated carbocycles. The molecule has 0 heterocycles. The second-order valence-electron chi connectivity index (χ2n) is 5.75. The molecule has 0 aliphatic heterocycles. The monoisotopic (exact) mass is 251 g/mol. The summed E-state index contributed by atoms with van der Waals surface area (Å²) in [5, 5.41) is 8.56. The molecule has 3 aliphatic carbocycles. The van der Waals surface area contributed by atoms with Crippen LogP contribution < -0.4 is 10.7 Å². The fraction of sp³-hybridized carbons (Fsp3) is 0.846. The van der Waals surface area contributed by atoms with E-state index in [2.05, 4.69) is 15.8 Å². The number of hydrogen-bond donors (Lipinski definition) is 2. The minimum atomic E-state index is 0.609. The summed E-state index contributed by atoms with van der Waals surface area (Å²) < 4.78 is 0. The Hall–Kier alpha value is -0.640. The van der Waals surface area contributed by atoms with E-state index in [1.54, 1.807) is 0 Å². The summed E-state index contributed by atoms with van der Waals surface area (Å²) in [7, 11) is 0. The molecule has 94 valence electrons. The fourth-order valence-electron chi connectivity index (χ4n) is 3.65. The molecule has 17 heavy (non-hydrogen) atoms. The molecule has 0 unspecified atom stereocenters. The van der Waals surface area contributed by atoms with Crippen molar-refractivity contribution in [3.8, 4) is 0 Å². The molecule has 0 aromatic carbocycles. The Bertz CT molecular complexity index is 332. The Labute approximate surface area is 108 Å². The molecule has 0 amide bonds. The third-order valence-electron chi connectivity index (χ3n) is 4.55. The van der Waals surface area contributed by atoms with Crippen LogP contribution in [0.25, 0.3) is 0 Å². The third-order valence-corrected chi connectivity index (χ3v) is 4.76. The summed E-state index contributed by atoms with van der Waals surface area (Å²) in [5.41, 5.74) is 4.30. The normalized spacial score (nSPS) is 35.1. The van der Waals surface area contributed by atoms with E-state index < -0.39 is 0 Å². The molecule has 4 heteroatoms. The lowest BCUT2D eigenvalue weighted by Gasteiger charge is -2.23. The van der Waals surface area contributed by atoms with E-state index >= 15 is 0 Å². The van der Waals surface area contributed by atoms with Crippen LogP contribution in [-0.4, -0.2) is 16.9 Å². The molecule has 0 aromatic rings. The molecule has 2 bridgehead atoms. The van der Waals surface area contributed by atoms with Crippen LogP contribution in [0, 0.1) is 11.8 Å². The van der Waals surface area contributed by atoms with Crippen LogP contribution >= 0.6 is 12.2 Å². The minimum absolute atomic E-state index is 0.609. The van der Waals surface area contributed by atoms with Crippen LogP contribution in [-0.2, 0) is 0 Å². The zero-order chi connectivity index (χ0) is 11.7. The van der Waals surface area contributed by atoms with Crippen LogP contribution in [0.15, 0.2) is 5.10 Å². The Morgan fingerprint density at radius 2 is 2.00 bits per heavy atom. The van der Waals surface area contributed by atoms with E-state index in [-0.39, 0.29) is 0 Å².